The summed E-state index contributed by atoms with van der Waals surface area (Å²) in [5.41, 5.74) is 1.66. The zero-order valence-corrected chi connectivity index (χ0v) is 12.1. The Hall–Kier alpha value is -0.730. The number of benzene rings is 1. The smallest absolute Gasteiger partial charge is 0.254 e. The number of amides is 1. The average Bonchev–Trinajstić information content (AvgIpc) is 2.35. The number of likely N-dealkylation sites (tertiary alicyclic amines) is 1. The van der Waals surface area contributed by atoms with Crippen LogP contribution >= 0.6 is 23.2 Å². The molecule has 2 atom stereocenters. The molecule has 1 fully saturated rings. The van der Waals surface area contributed by atoms with Crippen molar-refractivity contribution in [2.24, 2.45) is 5.92 Å². The van der Waals surface area contributed by atoms with Crippen LogP contribution < -0.4 is 0 Å². The highest BCUT2D eigenvalue weighted by Gasteiger charge is 2.28. The first-order valence-corrected chi connectivity index (χ1v) is 7.00. The number of hydrogen-bond acceptors (Lipinski definition) is 1. The number of alkyl halides is 1. The van der Waals surface area contributed by atoms with E-state index in [-0.39, 0.29) is 11.3 Å². The van der Waals surface area contributed by atoms with E-state index in [1.165, 1.54) is 0 Å². The van der Waals surface area contributed by atoms with E-state index in [4.69, 9.17) is 23.2 Å². The first-order chi connectivity index (χ1) is 8.49. The van der Waals surface area contributed by atoms with Crippen LogP contribution in [0.1, 0.15) is 29.3 Å². The standard InChI is InChI=1S/C14H17Cl2NO/c1-9-3-4-11(15)7-12(9)14(18)17-6-5-13(16)10(2)8-17/h3-4,7,10,13H,5-6,8H2,1-2H3. The molecular weight excluding hydrogens is 269 g/mol. The Morgan fingerprint density at radius 1 is 1.44 bits per heavy atom. The molecule has 1 saturated heterocycles. The van der Waals surface area contributed by atoms with Gasteiger partial charge in [-0.2, -0.15) is 0 Å². The van der Waals surface area contributed by atoms with Crippen molar-refractivity contribution in [1.82, 2.24) is 4.90 Å². The molecule has 1 aliphatic heterocycles. The number of halogens is 2. The van der Waals surface area contributed by atoms with Crippen LogP contribution in [0.3, 0.4) is 0 Å². The molecule has 0 bridgehead atoms. The van der Waals surface area contributed by atoms with Crippen molar-refractivity contribution in [3.63, 3.8) is 0 Å². The van der Waals surface area contributed by atoms with Crippen molar-refractivity contribution in [3.05, 3.63) is 34.3 Å². The van der Waals surface area contributed by atoms with Crippen LogP contribution in [-0.4, -0.2) is 29.3 Å². The van der Waals surface area contributed by atoms with Gasteiger partial charge in [0, 0.05) is 29.1 Å². The van der Waals surface area contributed by atoms with Gasteiger partial charge in [0.25, 0.3) is 5.91 Å². The lowest BCUT2D eigenvalue weighted by Crippen LogP contribution is -2.43. The lowest BCUT2D eigenvalue weighted by Gasteiger charge is -2.34. The quantitative estimate of drug-likeness (QED) is 0.720. The lowest BCUT2D eigenvalue weighted by atomic mass is 9.98. The van der Waals surface area contributed by atoms with Gasteiger partial charge in [-0.25, -0.2) is 0 Å². The zero-order valence-electron chi connectivity index (χ0n) is 10.6. The first-order valence-electron chi connectivity index (χ1n) is 6.18. The van der Waals surface area contributed by atoms with Gasteiger partial charge in [0.05, 0.1) is 0 Å². The van der Waals surface area contributed by atoms with Crippen LogP contribution in [0.4, 0.5) is 0 Å². The fraction of sp³-hybridized carbons (Fsp3) is 0.500. The molecule has 1 amide bonds. The lowest BCUT2D eigenvalue weighted by molar-refractivity contribution is 0.0686. The molecule has 2 unspecified atom stereocenters. The molecule has 1 heterocycles. The minimum Gasteiger partial charge on any atom is -0.338 e. The normalized spacial score (nSPS) is 24.1. The number of rotatable bonds is 1. The SMILES string of the molecule is Cc1ccc(Cl)cc1C(=O)N1CCC(Cl)C(C)C1. The number of nitrogens with zero attached hydrogens (tertiary/aromatic N) is 1. The van der Waals surface area contributed by atoms with E-state index in [1.54, 1.807) is 12.1 Å². The van der Waals surface area contributed by atoms with E-state index < -0.39 is 0 Å². The summed E-state index contributed by atoms with van der Waals surface area (Å²) in [6.07, 6.45) is 0.855. The van der Waals surface area contributed by atoms with Gasteiger partial charge in [-0.15, -0.1) is 11.6 Å². The third-order valence-corrected chi connectivity index (χ3v) is 4.40. The highest BCUT2D eigenvalue weighted by Crippen LogP contribution is 2.24. The Labute approximate surface area is 118 Å². The summed E-state index contributed by atoms with van der Waals surface area (Å²) >= 11 is 12.1. The molecule has 0 spiro atoms. The van der Waals surface area contributed by atoms with Crippen LogP contribution in [0.25, 0.3) is 0 Å². The highest BCUT2D eigenvalue weighted by molar-refractivity contribution is 6.31. The van der Waals surface area contributed by atoms with Gasteiger partial charge in [-0.1, -0.05) is 24.6 Å². The van der Waals surface area contributed by atoms with Crippen molar-refractivity contribution in [2.45, 2.75) is 25.6 Å². The molecule has 4 heteroatoms. The molecule has 0 radical (unpaired) electrons. The van der Waals surface area contributed by atoms with E-state index in [0.717, 1.165) is 25.1 Å². The minimum absolute atomic E-state index is 0.0606. The second-order valence-corrected chi connectivity index (χ2v) is 5.99. The third-order valence-electron chi connectivity index (χ3n) is 3.52. The minimum atomic E-state index is 0.0606. The topological polar surface area (TPSA) is 20.3 Å². The Morgan fingerprint density at radius 2 is 2.17 bits per heavy atom. The summed E-state index contributed by atoms with van der Waals surface area (Å²) < 4.78 is 0. The number of piperidine rings is 1. The molecule has 0 aliphatic carbocycles. The monoisotopic (exact) mass is 285 g/mol. The van der Waals surface area contributed by atoms with E-state index in [2.05, 4.69) is 6.92 Å². The zero-order chi connectivity index (χ0) is 13.3. The first kappa shape index (κ1) is 13.7. The van der Waals surface area contributed by atoms with E-state index in [0.29, 0.717) is 16.5 Å². The highest BCUT2D eigenvalue weighted by atomic mass is 35.5. The maximum atomic E-state index is 12.4. The van der Waals surface area contributed by atoms with Gasteiger partial charge < -0.3 is 4.90 Å². The number of carbonyl (C=O) groups excluding carboxylic acids is 1. The predicted octanol–water partition coefficient (Wildman–Crippen LogP) is 3.74. The molecule has 1 aromatic rings. The van der Waals surface area contributed by atoms with E-state index in [9.17, 15) is 4.79 Å². The van der Waals surface area contributed by atoms with Gasteiger partial charge in [-0.05, 0) is 37.0 Å². The van der Waals surface area contributed by atoms with Crippen LogP contribution in [0, 0.1) is 12.8 Å². The van der Waals surface area contributed by atoms with Gasteiger partial charge in [0.2, 0.25) is 0 Å². The molecule has 1 aromatic carbocycles. The molecule has 2 nitrogen and oxygen atoms in total. The fourth-order valence-electron chi connectivity index (χ4n) is 2.30. The van der Waals surface area contributed by atoms with Gasteiger partial charge in [0.1, 0.15) is 0 Å². The summed E-state index contributed by atoms with van der Waals surface area (Å²) in [6.45, 7) is 5.46. The maximum Gasteiger partial charge on any atom is 0.254 e. The molecule has 1 aliphatic rings. The number of carbonyl (C=O) groups is 1. The van der Waals surface area contributed by atoms with Gasteiger partial charge in [-0.3, -0.25) is 4.79 Å². The molecular formula is C14H17Cl2NO. The summed E-state index contributed by atoms with van der Waals surface area (Å²) in [6, 6.07) is 5.44. The van der Waals surface area contributed by atoms with Crippen LogP contribution in [0.5, 0.6) is 0 Å². The summed E-state index contributed by atoms with van der Waals surface area (Å²) in [4.78, 5) is 14.3. The maximum absolute atomic E-state index is 12.4. The molecule has 2 rings (SSSR count). The fourth-order valence-corrected chi connectivity index (χ4v) is 2.65. The molecule has 0 aromatic heterocycles. The summed E-state index contributed by atoms with van der Waals surface area (Å²) in [7, 11) is 0. The Balaban J connectivity index is 2.19. The summed E-state index contributed by atoms with van der Waals surface area (Å²) in [5.74, 6) is 0.397. The van der Waals surface area contributed by atoms with Crippen molar-refractivity contribution in [3.8, 4) is 0 Å². The Kier molecular flexibility index (Phi) is 4.18. The van der Waals surface area contributed by atoms with Crippen LogP contribution in [0.2, 0.25) is 5.02 Å². The van der Waals surface area contributed by atoms with Crippen LogP contribution in [0.15, 0.2) is 18.2 Å². The van der Waals surface area contributed by atoms with E-state index in [1.807, 2.05) is 17.9 Å². The summed E-state index contributed by atoms with van der Waals surface area (Å²) in [5, 5.41) is 0.777. The van der Waals surface area contributed by atoms with Crippen molar-refractivity contribution in [1.29, 1.82) is 0 Å². The van der Waals surface area contributed by atoms with Crippen molar-refractivity contribution >= 4 is 29.1 Å². The van der Waals surface area contributed by atoms with Gasteiger partial charge in [0.15, 0.2) is 0 Å². The molecule has 18 heavy (non-hydrogen) atoms. The second kappa shape index (κ2) is 5.50. The Morgan fingerprint density at radius 3 is 2.83 bits per heavy atom. The number of aryl methyl sites for hydroxylation is 1. The molecule has 98 valence electrons. The average molecular weight is 286 g/mol. The third kappa shape index (κ3) is 2.81. The molecule has 0 N–H and O–H groups in total. The number of hydrogen-bond donors (Lipinski definition) is 0. The van der Waals surface area contributed by atoms with Crippen LogP contribution in [-0.2, 0) is 0 Å². The van der Waals surface area contributed by atoms with E-state index >= 15 is 0 Å². The predicted molar refractivity (Wildman–Crippen MR) is 75.5 cm³/mol. The molecule has 0 saturated carbocycles. The van der Waals surface area contributed by atoms with Crippen molar-refractivity contribution < 1.29 is 4.79 Å². The Bertz CT molecular complexity index is 461. The second-order valence-electron chi connectivity index (χ2n) is 4.99. The van der Waals surface area contributed by atoms with Crippen molar-refractivity contribution in [2.75, 3.05) is 13.1 Å². The largest absolute Gasteiger partial charge is 0.338 e. The van der Waals surface area contributed by atoms with Gasteiger partial charge >= 0.3 is 0 Å².